The zero-order chi connectivity index (χ0) is 19.6. The molecule has 28 heavy (non-hydrogen) atoms. The van der Waals surface area contributed by atoms with Crippen LogP contribution in [0.25, 0.3) is 5.73 Å². The fourth-order valence-corrected chi connectivity index (χ4v) is 3.03. The minimum atomic E-state index is 0. The first-order valence-corrected chi connectivity index (χ1v) is 9.88. The average Bonchev–Trinajstić information content (AvgIpc) is 2.69. The van der Waals surface area contributed by atoms with E-state index in [0.717, 1.165) is 29.2 Å². The number of anilines is 1. The first-order chi connectivity index (χ1) is 13.1. The van der Waals surface area contributed by atoms with Gasteiger partial charge in [-0.3, -0.25) is 0 Å². The second kappa shape index (κ2) is 12.9. The maximum Gasteiger partial charge on any atom is 0.142 e. The summed E-state index contributed by atoms with van der Waals surface area (Å²) in [5.41, 5.74) is 16.7. The summed E-state index contributed by atoms with van der Waals surface area (Å²) in [6.45, 7) is 2.21. The number of nitrogens with zero attached hydrogens (tertiary/aromatic N) is 1. The summed E-state index contributed by atoms with van der Waals surface area (Å²) < 4.78 is 5.55. The number of thioether (sulfide) groups is 1. The first kappa shape index (κ1) is 24.6. The topological polar surface area (TPSA) is 94.5 Å². The number of benzene rings is 2. The SMILES string of the molecule is CN/C=C(\N)CN1CCOc2ccc([NH-])cc21.CSc1ccc(CO)cc1.[Y]. The fourth-order valence-electron chi connectivity index (χ4n) is 2.62. The molecule has 0 fully saturated rings. The van der Waals surface area contributed by atoms with Crippen LogP contribution in [0, 0.1) is 0 Å². The molecular formula is C20H27N4O2SY-. The number of nitrogens with one attached hydrogen (secondary N) is 2. The van der Waals surface area contributed by atoms with Crippen LogP contribution < -0.4 is 20.7 Å². The van der Waals surface area contributed by atoms with Crippen molar-refractivity contribution in [1.29, 1.82) is 0 Å². The zero-order valence-corrected chi connectivity index (χ0v) is 20.0. The van der Waals surface area contributed by atoms with E-state index in [4.69, 9.17) is 21.3 Å². The van der Waals surface area contributed by atoms with Crippen LogP contribution in [0.2, 0.25) is 0 Å². The van der Waals surface area contributed by atoms with E-state index in [-0.39, 0.29) is 39.3 Å². The fraction of sp³-hybridized carbons (Fsp3) is 0.300. The van der Waals surface area contributed by atoms with Crippen molar-refractivity contribution < 1.29 is 42.6 Å². The zero-order valence-electron chi connectivity index (χ0n) is 16.3. The van der Waals surface area contributed by atoms with Crippen molar-refractivity contribution in [2.24, 2.45) is 5.73 Å². The summed E-state index contributed by atoms with van der Waals surface area (Å²) >= 11 is 1.71. The third-order valence-electron chi connectivity index (χ3n) is 3.96. The third-order valence-corrected chi connectivity index (χ3v) is 4.71. The van der Waals surface area contributed by atoms with Crippen LogP contribution in [-0.2, 0) is 39.3 Å². The minimum absolute atomic E-state index is 0. The Morgan fingerprint density at radius 1 is 1.32 bits per heavy atom. The molecule has 0 amide bonds. The standard InChI is InChI=1S/C12H17N4O.C8H10OS.Y/c1-15-7-10(14)8-16-4-5-17-12-3-2-9(13)6-11(12)16;1-10-8-4-2-7(6-9)3-5-8;/h2-3,6-7,13,15H,4-5,8,14H2,1H3;2-5,9H,6H2,1H3;/q-1;;/b10-7-;;. The molecule has 1 aliphatic heterocycles. The molecule has 1 radical (unpaired) electrons. The van der Waals surface area contributed by atoms with E-state index in [1.54, 1.807) is 30.1 Å². The largest absolute Gasteiger partial charge is 0.699 e. The van der Waals surface area contributed by atoms with Gasteiger partial charge < -0.3 is 31.5 Å². The van der Waals surface area contributed by atoms with Crippen LogP contribution in [0.4, 0.5) is 11.4 Å². The van der Waals surface area contributed by atoms with E-state index < -0.39 is 0 Å². The molecule has 2 aromatic rings. The Kier molecular flexibility index (Phi) is 11.4. The molecule has 8 heteroatoms. The van der Waals surface area contributed by atoms with Gasteiger partial charge in [0.15, 0.2) is 0 Å². The van der Waals surface area contributed by atoms with Gasteiger partial charge in [-0.15, -0.1) is 17.4 Å². The number of nitrogens with two attached hydrogens (primary N) is 1. The number of hydrogen-bond acceptors (Lipinski definition) is 6. The van der Waals surface area contributed by atoms with E-state index in [1.165, 1.54) is 4.90 Å². The smallest absolute Gasteiger partial charge is 0.142 e. The quantitative estimate of drug-likeness (QED) is 0.572. The molecule has 6 nitrogen and oxygen atoms in total. The van der Waals surface area contributed by atoms with Gasteiger partial charge in [0, 0.05) is 56.5 Å². The number of aliphatic hydroxyl groups is 1. The molecule has 0 unspecified atom stereocenters. The molecule has 0 atom stereocenters. The van der Waals surface area contributed by atoms with Gasteiger partial charge in [-0.1, -0.05) is 24.3 Å². The Balaban J connectivity index is 0.000000307. The van der Waals surface area contributed by atoms with Gasteiger partial charge in [0.1, 0.15) is 12.4 Å². The van der Waals surface area contributed by atoms with Crippen LogP contribution >= 0.6 is 11.8 Å². The maximum atomic E-state index is 8.69. The summed E-state index contributed by atoms with van der Waals surface area (Å²) in [4.78, 5) is 3.36. The molecule has 1 aliphatic rings. The molecule has 0 bridgehead atoms. The number of fused-ring (bicyclic) bond motifs is 1. The van der Waals surface area contributed by atoms with Crippen LogP contribution in [0.1, 0.15) is 5.56 Å². The second-order valence-corrected chi connectivity index (χ2v) is 6.85. The third kappa shape index (κ3) is 7.55. The van der Waals surface area contributed by atoms with Crippen LogP contribution in [0.15, 0.2) is 59.3 Å². The molecule has 3 rings (SSSR count). The van der Waals surface area contributed by atoms with Crippen molar-refractivity contribution in [2.45, 2.75) is 11.5 Å². The van der Waals surface area contributed by atoms with Gasteiger partial charge >= 0.3 is 0 Å². The molecule has 0 aromatic heterocycles. The Morgan fingerprint density at radius 3 is 2.64 bits per heavy atom. The van der Waals surface area contributed by atoms with E-state index in [2.05, 4.69) is 10.2 Å². The van der Waals surface area contributed by atoms with Gasteiger partial charge in [-0.2, -0.15) is 0 Å². The van der Waals surface area contributed by atoms with Crippen molar-refractivity contribution in [1.82, 2.24) is 5.32 Å². The Labute approximate surface area is 196 Å². The molecular weight excluding hydrogens is 449 g/mol. The van der Waals surface area contributed by atoms with Crippen molar-refractivity contribution >= 4 is 23.1 Å². The normalized spacial score (nSPS) is 12.7. The number of hydrogen-bond donors (Lipinski definition) is 3. The Bertz CT molecular complexity index is 733. The first-order valence-electron chi connectivity index (χ1n) is 8.66. The molecule has 2 aromatic carbocycles. The molecule has 0 spiro atoms. The van der Waals surface area contributed by atoms with Gasteiger partial charge in [0.2, 0.25) is 0 Å². The summed E-state index contributed by atoms with van der Waals surface area (Å²) in [6, 6.07) is 13.3. The van der Waals surface area contributed by atoms with Crippen LogP contribution in [0.3, 0.4) is 0 Å². The average molecular weight is 476 g/mol. The van der Waals surface area contributed by atoms with Crippen molar-refractivity contribution in [2.75, 3.05) is 37.9 Å². The molecule has 149 valence electrons. The summed E-state index contributed by atoms with van der Waals surface area (Å²) in [7, 11) is 1.82. The monoisotopic (exact) mass is 476 g/mol. The van der Waals surface area contributed by atoms with Crippen molar-refractivity contribution in [3.8, 4) is 5.75 Å². The maximum absolute atomic E-state index is 8.69. The van der Waals surface area contributed by atoms with E-state index >= 15 is 0 Å². The second-order valence-electron chi connectivity index (χ2n) is 5.97. The van der Waals surface area contributed by atoms with Gasteiger partial charge in [0.05, 0.1) is 25.4 Å². The van der Waals surface area contributed by atoms with Crippen molar-refractivity contribution in [3.05, 3.63) is 65.7 Å². The van der Waals surface area contributed by atoms with Gasteiger partial charge in [-0.25, -0.2) is 0 Å². The predicted octanol–water partition coefficient (Wildman–Crippen LogP) is 3.49. The summed E-state index contributed by atoms with van der Waals surface area (Å²) in [5.74, 6) is 0.824. The molecule has 1 heterocycles. The Morgan fingerprint density at radius 2 is 2.04 bits per heavy atom. The number of aliphatic hydroxyl groups excluding tert-OH is 1. The van der Waals surface area contributed by atoms with E-state index in [1.807, 2.05) is 43.6 Å². The van der Waals surface area contributed by atoms with E-state index in [0.29, 0.717) is 18.8 Å². The van der Waals surface area contributed by atoms with Crippen LogP contribution in [0.5, 0.6) is 5.75 Å². The minimum Gasteiger partial charge on any atom is -0.699 e. The van der Waals surface area contributed by atoms with Crippen molar-refractivity contribution in [3.63, 3.8) is 0 Å². The molecule has 0 aliphatic carbocycles. The van der Waals surface area contributed by atoms with Crippen LogP contribution in [-0.4, -0.2) is 38.1 Å². The summed E-state index contributed by atoms with van der Waals surface area (Å²) in [6.07, 6.45) is 3.81. The number of ether oxygens (including phenoxy) is 1. The molecule has 0 saturated carbocycles. The number of rotatable bonds is 5. The van der Waals surface area contributed by atoms with Gasteiger partial charge in [0.25, 0.3) is 0 Å². The van der Waals surface area contributed by atoms with E-state index in [9.17, 15) is 0 Å². The molecule has 0 saturated heterocycles. The summed E-state index contributed by atoms with van der Waals surface area (Å²) in [5, 5.41) is 11.6. The Hall–Kier alpha value is -1.41. The predicted molar refractivity (Wildman–Crippen MR) is 114 cm³/mol. The van der Waals surface area contributed by atoms with Gasteiger partial charge in [-0.05, 0) is 30.0 Å². The molecule has 5 N–H and O–H groups in total.